The Balaban J connectivity index is 1.38. The molecule has 0 amide bonds. The molecule has 7 aromatic carbocycles. The van der Waals surface area contributed by atoms with Crippen LogP contribution in [0.2, 0.25) is 0 Å². The van der Waals surface area contributed by atoms with Crippen LogP contribution in [0.25, 0.3) is 53.6 Å². The predicted octanol–water partition coefficient (Wildman–Crippen LogP) is 13.2. The summed E-state index contributed by atoms with van der Waals surface area (Å²) < 4.78 is 98.7. The Hall–Kier alpha value is -5.44. The van der Waals surface area contributed by atoms with E-state index in [4.69, 9.17) is 11.0 Å². The molecule has 1 nitrogen and oxygen atoms in total. The van der Waals surface area contributed by atoms with Gasteiger partial charge >= 0.3 is 0 Å². The van der Waals surface area contributed by atoms with Gasteiger partial charge in [-0.15, -0.1) is 11.3 Å². The summed E-state index contributed by atoms with van der Waals surface area (Å²) in [5, 5.41) is 0.161. The number of anilines is 3. The van der Waals surface area contributed by atoms with E-state index >= 15 is 0 Å². The molecule has 0 aliphatic heterocycles. The van der Waals surface area contributed by atoms with E-state index in [1.54, 1.807) is 4.90 Å². The zero-order valence-corrected chi connectivity index (χ0v) is 26.4. The number of hydrogen-bond acceptors (Lipinski definition) is 2. The molecule has 1 aromatic heterocycles. The molecular formula is C45H33NS. The van der Waals surface area contributed by atoms with E-state index in [-0.39, 0.29) is 66.6 Å². The predicted molar refractivity (Wildman–Crippen MR) is 202 cm³/mol. The first-order valence-corrected chi connectivity index (χ1v) is 16.2. The van der Waals surface area contributed by atoms with Crippen molar-refractivity contribution in [3.05, 3.63) is 175 Å². The number of thiophene rings is 1. The largest absolute Gasteiger partial charge is 0.310 e. The van der Waals surface area contributed by atoms with Gasteiger partial charge in [-0.3, -0.25) is 0 Å². The highest BCUT2D eigenvalue weighted by molar-refractivity contribution is 7.26. The van der Waals surface area contributed by atoms with Crippen molar-refractivity contribution in [2.75, 3.05) is 4.90 Å². The Kier molecular flexibility index (Phi) is 4.30. The zero-order valence-electron chi connectivity index (χ0n) is 36.6. The number of fused-ring (bicyclic) bond motifs is 6. The normalized spacial score (nSPS) is 16.3. The summed E-state index contributed by atoms with van der Waals surface area (Å²) >= 11 is 0.929. The Labute approximate surface area is 295 Å². The van der Waals surface area contributed by atoms with Gasteiger partial charge in [0, 0.05) is 42.6 Å². The van der Waals surface area contributed by atoms with Gasteiger partial charge in [0.05, 0.1) is 15.1 Å². The van der Waals surface area contributed by atoms with Gasteiger partial charge in [0.25, 0.3) is 0 Å². The van der Waals surface area contributed by atoms with Gasteiger partial charge in [-0.05, 0) is 92.9 Å². The summed E-state index contributed by atoms with van der Waals surface area (Å²) in [6, 6.07) is 26.8. The van der Waals surface area contributed by atoms with Crippen LogP contribution < -0.4 is 4.90 Å². The van der Waals surface area contributed by atoms with Crippen LogP contribution >= 0.6 is 11.3 Å². The molecule has 0 unspecified atom stereocenters. The molecule has 1 heterocycles. The van der Waals surface area contributed by atoms with Crippen LogP contribution in [0, 0.1) is 0 Å². The summed E-state index contributed by atoms with van der Waals surface area (Å²) in [6.45, 7) is 4.32. The van der Waals surface area contributed by atoms with Gasteiger partial charge < -0.3 is 4.90 Å². The number of benzene rings is 7. The molecule has 0 saturated carbocycles. The maximum Gasteiger partial charge on any atom is 0.0652 e. The standard InChI is InChI=1S/C45H33NS/c1-45(2)40-18-10-9-16-37(40)38-26-24-35(29-41(38)45)46(33-22-20-31(21-23-33)30-12-5-3-6-13-30)34-25-27-42-39(28-34)44-36(17-11-19-43(44)47-42)32-14-7-4-8-15-32/h3-29H,1-2H3/i4D,7D,8D,11D,14D,15D,17D,19D,25D,27D,28D. The summed E-state index contributed by atoms with van der Waals surface area (Å²) in [6.07, 6.45) is 0. The highest BCUT2D eigenvalue weighted by Gasteiger charge is 2.35. The molecule has 0 radical (unpaired) electrons. The summed E-state index contributed by atoms with van der Waals surface area (Å²) in [4.78, 5) is 1.78. The molecule has 0 saturated heterocycles. The summed E-state index contributed by atoms with van der Waals surface area (Å²) in [5.74, 6) is 0. The topological polar surface area (TPSA) is 3.24 Å². The molecule has 0 fully saturated rings. The van der Waals surface area contributed by atoms with Gasteiger partial charge in [-0.25, -0.2) is 0 Å². The van der Waals surface area contributed by atoms with Gasteiger partial charge in [0.15, 0.2) is 0 Å². The number of nitrogens with zero attached hydrogens (tertiary/aromatic N) is 1. The van der Waals surface area contributed by atoms with Crippen LogP contribution in [0.4, 0.5) is 17.1 Å². The minimum absolute atomic E-state index is 0.0537. The fraction of sp³-hybridized carbons (Fsp3) is 0.0667. The van der Waals surface area contributed by atoms with Gasteiger partial charge in [-0.2, -0.15) is 0 Å². The molecular weight excluding hydrogens is 587 g/mol. The van der Waals surface area contributed by atoms with Gasteiger partial charge in [0.2, 0.25) is 0 Å². The second-order valence-electron chi connectivity index (χ2n) is 12.1. The van der Waals surface area contributed by atoms with Crippen molar-refractivity contribution in [3.8, 4) is 33.4 Å². The lowest BCUT2D eigenvalue weighted by Crippen LogP contribution is -2.16. The molecule has 0 atom stereocenters. The third-order valence-electron chi connectivity index (χ3n) is 9.09. The van der Waals surface area contributed by atoms with Crippen molar-refractivity contribution < 1.29 is 15.1 Å². The minimum atomic E-state index is -0.627. The summed E-state index contributed by atoms with van der Waals surface area (Å²) in [7, 11) is 0. The zero-order chi connectivity index (χ0) is 41.1. The maximum atomic E-state index is 9.99. The highest BCUT2D eigenvalue weighted by atomic mass is 32.1. The van der Waals surface area contributed by atoms with Crippen molar-refractivity contribution >= 4 is 48.6 Å². The average molecular weight is 631 g/mol. The van der Waals surface area contributed by atoms with Crippen molar-refractivity contribution in [1.82, 2.24) is 0 Å². The van der Waals surface area contributed by atoms with Crippen molar-refractivity contribution in [3.63, 3.8) is 0 Å². The highest BCUT2D eigenvalue weighted by Crippen LogP contribution is 2.51. The van der Waals surface area contributed by atoms with E-state index in [1.807, 2.05) is 78.9 Å². The molecule has 224 valence electrons. The third-order valence-corrected chi connectivity index (χ3v) is 10.1. The first-order valence-electron chi connectivity index (χ1n) is 20.9. The Bertz CT molecular complexity index is 3020. The number of rotatable bonds is 5. The van der Waals surface area contributed by atoms with E-state index in [9.17, 15) is 4.11 Å². The molecule has 0 spiro atoms. The monoisotopic (exact) mass is 630 g/mol. The SMILES string of the molecule is [2H]c1c([2H])c([2H])c(-c2c([2H])c([2H])c([2H])c3sc4c([2H])c([2H])c(N(c5ccc(-c6ccccc6)cc5)c5ccc6c(c5)C(C)(C)c5ccccc5-6)c([2H])c4c23)c([2H])c1[2H]. The second kappa shape index (κ2) is 10.8. The van der Waals surface area contributed by atoms with E-state index in [0.717, 1.165) is 39.2 Å². The molecule has 0 N–H and O–H groups in total. The van der Waals surface area contributed by atoms with Gasteiger partial charge in [-0.1, -0.05) is 129 Å². The molecule has 47 heavy (non-hydrogen) atoms. The quantitative estimate of drug-likeness (QED) is 0.183. The van der Waals surface area contributed by atoms with Crippen LogP contribution in [-0.4, -0.2) is 0 Å². The molecule has 1 aliphatic carbocycles. The van der Waals surface area contributed by atoms with E-state index < -0.39 is 42.3 Å². The second-order valence-corrected chi connectivity index (χ2v) is 13.2. The van der Waals surface area contributed by atoms with Crippen LogP contribution in [0.3, 0.4) is 0 Å². The van der Waals surface area contributed by atoms with Crippen molar-refractivity contribution in [2.24, 2.45) is 0 Å². The smallest absolute Gasteiger partial charge is 0.0652 e. The lowest BCUT2D eigenvalue weighted by atomic mass is 9.82. The Morgan fingerprint density at radius 2 is 1.26 bits per heavy atom. The Morgan fingerprint density at radius 3 is 2.09 bits per heavy atom. The molecule has 1 aliphatic rings. The molecule has 2 heteroatoms. The van der Waals surface area contributed by atoms with E-state index in [2.05, 4.69) is 32.0 Å². The summed E-state index contributed by atoms with van der Waals surface area (Å²) in [5.41, 5.74) is 6.77. The van der Waals surface area contributed by atoms with Crippen LogP contribution in [0.15, 0.2) is 164 Å². The fourth-order valence-electron chi connectivity index (χ4n) is 6.79. The van der Waals surface area contributed by atoms with Crippen LogP contribution in [-0.2, 0) is 5.41 Å². The third kappa shape index (κ3) is 4.52. The lowest BCUT2D eigenvalue weighted by Gasteiger charge is -2.28. The van der Waals surface area contributed by atoms with Crippen LogP contribution in [0.1, 0.15) is 40.1 Å². The molecule has 9 rings (SSSR count). The lowest BCUT2D eigenvalue weighted by molar-refractivity contribution is 0.660. The van der Waals surface area contributed by atoms with Crippen molar-refractivity contribution in [1.29, 1.82) is 0 Å². The van der Waals surface area contributed by atoms with Gasteiger partial charge in [0.1, 0.15) is 0 Å². The van der Waals surface area contributed by atoms with E-state index in [0.29, 0.717) is 11.4 Å². The van der Waals surface area contributed by atoms with E-state index in [1.165, 1.54) is 5.56 Å². The molecule has 0 bridgehead atoms. The minimum Gasteiger partial charge on any atom is -0.310 e. The first kappa shape index (κ1) is 18.6. The first-order chi connectivity index (χ1) is 27.6. The average Bonchev–Trinajstić information content (AvgIpc) is 3.74. The number of hydrogen-bond donors (Lipinski definition) is 0. The Morgan fingerprint density at radius 1 is 0.532 bits per heavy atom. The van der Waals surface area contributed by atoms with Crippen molar-refractivity contribution in [2.45, 2.75) is 19.3 Å². The van der Waals surface area contributed by atoms with Crippen LogP contribution in [0.5, 0.6) is 0 Å². The fourth-order valence-corrected chi connectivity index (χ4v) is 7.76. The molecule has 8 aromatic rings. The maximum absolute atomic E-state index is 9.99.